The highest BCUT2D eigenvalue weighted by Crippen LogP contribution is 2.34. The Morgan fingerprint density at radius 1 is 1.20 bits per heavy atom. The van der Waals surface area contributed by atoms with Crippen LogP contribution in [-0.2, 0) is 11.3 Å². The molecule has 0 bridgehead atoms. The van der Waals surface area contributed by atoms with Gasteiger partial charge in [-0.2, -0.15) is 0 Å². The van der Waals surface area contributed by atoms with E-state index in [0.29, 0.717) is 13.0 Å². The summed E-state index contributed by atoms with van der Waals surface area (Å²) in [5.41, 5.74) is 4.55. The third-order valence-corrected chi connectivity index (χ3v) is 5.97. The van der Waals surface area contributed by atoms with Gasteiger partial charge >= 0.3 is 0 Å². The number of aryl methyl sites for hydroxylation is 3. The topological polar surface area (TPSA) is 47.4 Å². The van der Waals surface area contributed by atoms with Crippen molar-refractivity contribution in [1.29, 1.82) is 0 Å². The zero-order valence-electron chi connectivity index (χ0n) is 18.2. The molecule has 0 radical (unpaired) electrons. The van der Waals surface area contributed by atoms with Crippen LogP contribution in [-0.4, -0.2) is 33.5 Å². The van der Waals surface area contributed by atoms with E-state index < -0.39 is 0 Å². The van der Waals surface area contributed by atoms with Crippen LogP contribution in [0.5, 0.6) is 5.75 Å². The van der Waals surface area contributed by atoms with E-state index in [9.17, 15) is 4.79 Å². The first kappa shape index (κ1) is 20.5. The lowest BCUT2D eigenvalue weighted by molar-refractivity contribution is -0.131. The first-order chi connectivity index (χ1) is 14.6. The molecule has 3 aromatic rings. The van der Waals surface area contributed by atoms with Crippen LogP contribution in [0.4, 0.5) is 0 Å². The molecular formula is C25H31N3O2. The average molecular weight is 406 g/mol. The molecule has 1 saturated heterocycles. The number of rotatable bonds is 7. The van der Waals surface area contributed by atoms with Gasteiger partial charge in [-0.25, -0.2) is 4.98 Å². The highest BCUT2D eigenvalue weighted by atomic mass is 16.5. The van der Waals surface area contributed by atoms with Gasteiger partial charge in [0.15, 0.2) is 0 Å². The number of carbonyl (C=O) groups excluding carboxylic acids is 1. The lowest BCUT2D eigenvalue weighted by Gasteiger charge is -2.25. The number of hydrogen-bond donors (Lipinski definition) is 0. The van der Waals surface area contributed by atoms with E-state index in [1.807, 2.05) is 17.9 Å². The van der Waals surface area contributed by atoms with Crippen molar-refractivity contribution in [3.05, 3.63) is 59.4 Å². The number of ether oxygens (including phenoxy) is 1. The number of likely N-dealkylation sites (tertiary alicyclic amines) is 1. The Labute approximate surface area is 178 Å². The van der Waals surface area contributed by atoms with Gasteiger partial charge in [0.1, 0.15) is 11.6 Å². The molecule has 2 heterocycles. The van der Waals surface area contributed by atoms with E-state index in [-0.39, 0.29) is 11.9 Å². The standard InChI is InChI=1S/C25H31N3O2/c1-4-24(29)27-14-7-11-22(27)25-26-20-9-5-6-10-21(20)28(25)15-8-16-30-23-13-12-18(2)17-19(23)3/h5-6,9-10,12-13,17,22H,4,7-8,11,14-16H2,1-3H3/t22-/m0/s1. The Hall–Kier alpha value is -2.82. The van der Waals surface area contributed by atoms with Crippen molar-refractivity contribution in [3.8, 4) is 5.75 Å². The predicted molar refractivity (Wildman–Crippen MR) is 120 cm³/mol. The quantitative estimate of drug-likeness (QED) is 0.508. The van der Waals surface area contributed by atoms with Gasteiger partial charge in [-0.05, 0) is 56.9 Å². The van der Waals surface area contributed by atoms with E-state index >= 15 is 0 Å². The van der Waals surface area contributed by atoms with Gasteiger partial charge in [-0.1, -0.05) is 36.8 Å². The lowest BCUT2D eigenvalue weighted by Crippen LogP contribution is -2.31. The lowest BCUT2D eigenvalue weighted by atomic mass is 10.1. The number of carbonyl (C=O) groups is 1. The van der Waals surface area contributed by atoms with Crippen LogP contribution >= 0.6 is 0 Å². The van der Waals surface area contributed by atoms with Crippen LogP contribution in [0, 0.1) is 13.8 Å². The van der Waals surface area contributed by atoms with Crippen LogP contribution in [0.3, 0.4) is 0 Å². The van der Waals surface area contributed by atoms with Gasteiger partial charge in [0.2, 0.25) is 5.91 Å². The first-order valence-corrected chi connectivity index (χ1v) is 11.0. The average Bonchev–Trinajstić information content (AvgIpc) is 3.36. The van der Waals surface area contributed by atoms with Crippen LogP contribution in [0.1, 0.15) is 55.6 Å². The monoisotopic (exact) mass is 405 g/mol. The summed E-state index contributed by atoms with van der Waals surface area (Å²) < 4.78 is 8.34. The summed E-state index contributed by atoms with van der Waals surface area (Å²) in [6, 6.07) is 14.6. The summed E-state index contributed by atoms with van der Waals surface area (Å²) in [7, 11) is 0. The fraction of sp³-hybridized carbons (Fsp3) is 0.440. The molecule has 0 aliphatic carbocycles. The van der Waals surface area contributed by atoms with Crippen molar-refractivity contribution in [1.82, 2.24) is 14.5 Å². The van der Waals surface area contributed by atoms with E-state index in [1.54, 1.807) is 0 Å². The van der Waals surface area contributed by atoms with Gasteiger partial charge in [-0.3, -0.25) is 4.79 Å². The molecule has 1 amide bonds. The number of imidazole rings is 1. The maximum Gasteiger partial charge on any atom is 0.222 e. The van der Waals surface area contributed by atoms with Crippen LogP contribution in [0.15, 0.2) is 42.5 Å². The van der Waals surface area contributed by atoms with Crippen LogP contribution in [0.2, 0.25) is 0 Å². The molecule has 1 aliphatic rings. The van der Waals surface area contributed by atoms with Crippen molar-refractivity contribution in [2.24, 2.45) is 0 Å². The van der Waals surface area contributed by atoms with E-state index in [1.165, 1.54) is 11.1 Å². The summed E-state index contributed by atoms with van der Waals surface area (Å²) in [5, 5.41) is 0. The van der Waals surface area contributed by atoms with Crippen LogP contribution < -0.4 is 4.74 Å². The second-order valence-electron chi connectivity index (χ2n) is 8.18. The summed E-state index contributed by atoms with van der Waals surface area (Å²) in [6.07, 6.45) is 3.44. The molecular weight excluding hydrogens is 374 g/mol. The molecule has 0 unspecified atom stereocenters. The van der Waals surface area contributed by atoms with E-state index in [0.717, 1.165) is 55.0 Å². The van der Waals surface area contributed by atoms with Crippen molar-refractivity contribution in [2.45, 2.75) is 59.0 Å². The summed E-state index contributed by atoms with van der Waals surface area (Å²) in [4.78, 5) is 19.4. The molecule has 0 N–H and O–H groups in total. The minimum Gasteiger partial charge on any atom is -0.493 e. The molecule has 5 nitrogen and oxygen atoms in total. The summed E-state index contributed by atoms with van der Waals surface area (Å²) in [5.74, 6) is 2.18. The highest BCUT2D eigenvalue weighted by Gasteiger charge is 2.32. The minimum absolute atomic E-state index is 0.0742. The van der Waals surface area contributed by atoms with Gasteiger partial charge in [0, 0.05) is 19.5 Å². The fourth-order valence-corrected chi connectivity index (χ4v) is 4.49. The second kappa shape index (κ2) is 8.90. The number of aromatic nitrogens is 2. The van der Waals surface area contributed by atoms with Gasteiger partial charge in [-0.15, -0.1) is 0 Å². The molecule has 0 saturated carbocycles. The molecule has 1 atom stereocenters. The zero-order valence-corrected chi connectivity index (χ0v) is 18.2. The Bertz CT molecular complexity index is 1040. The first-order valence-electron chi connectivity index (χ1n) is 11.0. The number of para-hydroxylation sites is 2. The normalized spacial score (nSPS) is 16.4. The molecule has 4 rings (SSSR count). The molecule has 0 spiro atoms. The Kier molecular flexibility index (Phi) is 6.07. The van der Waals surface area contributed by atoms with Gasteiger partial charge in [0.25, 0.3) is 0 Å². The van der Waals surface area contributed by atoms with Crippen molar-refractivity contribution < 1.29 is 9.53 Å². The molecule has 5 heteroatoms. The summed E-state index contributed by atoms with van der Waals surface area (Å²) in [6.45, 7) is 8.42. The predicted octanol–water partition coefficient (Wildman–Crippen LogP) is 5.20. The zero-order chi connectivity index (χ0) is 21.1. The Balaban J connectivity index is 1.52. The Morgan fingerprint density at radius 2 is 2.03 bits per heavy atom. The highest BCUT2D eigenvalue weighted by molar-refractivity contribution is 5.78. The third-order valence-electron chi connectivity index (χ3n) is 5.97. The van der Waals surface area contributed by atoms with Crippen molar-refractivity contribution in [2.75, 3.05) is 13.2 Å². The number of fused-ring (bicyclic) bond motifs is 1. The van der Waals surface area contributed by atoms with Crippen LogP contribution in [0.25, 0.3) is 11.0 Å². The number of amides is 1. The van der Waals surface area contributed by atoms with Crippen molar-refractivity contribution in [3.63, 3.8) is 0 Å². The van der Waals surface area contributed by atoms with Gasteiger partial charge in [0.05, 0.1) is 23.7 Å². The third kappa shape index (κ3) is 4.07. The van der Waals surface area contributed by atoms with Gasteiger partial charge < -0.3 is 14.2 Å². The SMILES string of the molecule is CCC(=O)N1CCC[C@H]1c1nc2ccccc2n1CCCOc1ccc(C)cc1C. The van der Waals surface area contributed by atoms with Crippen molar-refractivity contribution >= 4 is 16.9 Å². The maximum absolute atomic E-state index is 12.5. The second-order valence-corrected chi connectivity index (χ2v) is 8.18. The van der Waals surface area contributed by atoms with E-state index in [2.05, 4.69) is 54.8 Å². The Morgan fingerprint density at radius 3 is 2.83 bits per heavy atom. The number of nitrogens with zero attached hydrogens (tertiary/aromatic N) is 3. The molecule has 1 aromatic heterocycles. The molecule has 1 fully saturated rings. The number of hydrogen-bond acceptors (Lipinski definition) is 3. The van der Waals surface area contributed by atoms with E-state index in [4.69, 9.17) is 9.72 Å². The number of benzene rings is 2. The maximum atomic E-state index is 12.5. The fourth-order valence-electron chi connectivity index (χ4n) is 4.49. The molecule has 1 aliphatic heterocycles. The minimum atomic E-state index is 0.0742. The summed E-state index contributed by atoms with van der Waals surface area (Å²) >= 11 is 0. The largest absolute Gasteiger partial charge is 0.493 e. The molecule has 158 valence electrons. The smallest absolute Gasteiger partial charge is 0.222 e. The molecule has 30 heavy (non-hydrogen) atoms. The molecule has 2 aromatic carbocycles.